The van der Waals surface area contributed by atoms with Crippen LogP contribution < -0.4 is 0 Å². The molecule has 1 aliphatic carbocycles. The summed E-state index contributed by atoms with van der Waals surface area (Å²) in [5, 5.41) is 0. The van der Waals surface area contributed by atoms with E-state index in [4.69, 9.17) is 0 Å². The molecule has 0 spiro atoms. The maximum atomic E-state index is 10.6. The first-order valence-corrected chi connectivity index (χ1v) is 4.42. The number of aryl methyl sites for hydroxylation is 1. The van der Waals surface area contributed by atoms with Crippen LogP contribution in [0.2, 0.25) is 0 Å². The predicted molar refractivity (Wildman–Crippen MR) is 48.0 cm³/mol. The maximum Gasteiger partial charge on any atom is 0.123 e. The van der Waals surface area contributed by atoms with Crippen LogP contribution in [0.4, 0.5) is 0 Å². The van der Waals surface area contributed by atoms with Gasteiger partial charge in [-0.3, -0.25) is 0 Å². The summed E-state index contributed by atoms with van der Waals surface area (Å²) in [6.45, 7) is 0. The lowest BCUT2D eigenvalue weighted by molar-refractivity contribution is -0.111. The minimum atomic E-state index is 0.264. The van der Waals surface area contributed by atoms with Crippen molar-refractivity contribution in [3.8, 4) is 0 Å². The lowest BCUT2D eigenvalue weighted by Crippen LogP contribution is -2.14. The number of aldehydes is 1. The fourth-order valence-electron chi connectivity index (χ4n) is 1.84. The third-order valence-corrected chi connectivity index (χ3v) is 2.58. The second-order valence-electron chi connectivity index (χ2n) is 3.41. The first-order valence-electron chi connectivity index (χ1n) is 4.42. The first-order chi connectivity index (χ1) is 5.90. The summed E-state index contributed by atoms with van der Waals surface area (Å²) in [6.07, 6.45) is 4.13. The molecule has 0 heterocycles. The van der Waals surface area contributed by atoms with Gasteiger partial charge in [0.05, 0.1) is 0 Å². The van der Waals surface area contributed by atoms with Gasteiger partial charge < -0.3 is 4.79 Å². The molecule has 1 heteroatoms. The Morgan fingerprint density at radius 2 is 2.00 bits per heavy atom. The highest BCUT2D eigenvalue weighted by atomic mass is 16.1. The zero-order valence-corrected chi connectivity index (χ0v) is 6.99. The topological polar surface area (TPSA) is 17.1 Å². The second kappa shape index (κ2) is 3.10. The van der Waals surface area contributed by atoms with Gasteiger partial charge in [0, 0.05) is 5.92 Å². The molecule has 12 heavy (non-hydrogen) atoms. The van der Waals surface area contributed by atoms with Crippen LogP contribution in [0.25, 0.3) is 0 Å². The zero-order chi connectivity index (χ0) is 8.39. The van der Waals surface area contributed by atoms with Gasteiger partial charge in [-0.25, -0.2) is 0 Å². The quantitative estimate of drug-likeness (QED) is 0.574. The fourth-order valence-corrected chi connectivity index (χ4v) is 1.84. The van der Waals surface area contributed by atoms with Gasteiger partial charge in [0.15, 0.2) is 0 Å². The van der Waals surface area contributed by atoms with Crippen LogP contribution in [0.15, 0.2) is 24.3 Å². The highest BCUT2D eigenvalue weighted by molar-refractivity contribution is 5.55. The van der Waals surface area contributed by atoms with E-state index in [0.29, 0.717) is 0 Å². The van der Waals surface area contributed by atoms with E-state index in [1.807, 2.05) is 6.07 Å². The molecular weight excluding hydrogens is 148 g/mol. The molecule has 0 aliphatic heterocycles. The Hall–Kier alpha value is -1.11. The van der Waals surface area contributed by atoms with Crippen LogP contribution in [0.3, 0.4) is 0 Å². The van der Waals surface area contributed by atoms with Crippen LogP contribution >= 0.6 is 0 Å². The average Bonchev–Trinajstić information content (AvgIpc) is 2.17. The Labute approximate surface area is 72.4 Å². The van der Waals surface area contributed by atoms with Gasteiger partial charge in [0.1, 0.15) is 6.29 Å². The fraction of sp³-hybridized carbons (Fsp3) is 0.364. The molecule has 0 aromatic heterocycles. The molecule has 0 N–H and O–H groups in total. The molecule has 1 atom stereocenters. The third kappa shape index (κ3) is 1.27. The largest absolute Gasteiger partial charge is 0.303 e. The van der Waals surface area contributed by atoms with Gasteiger partial charge >= 0.3 is 0 Å². The lowest BCUT2D eigenvalue weighted by atomic mass is 9.85. The van der Waals surface area contributed by atoms with Gasteiger partial charge in [0.2, 0.25) is 0 Å². The molecule has 0 bridgehead atoms. The monoisotopic (exact) mass is 160 g/mol. The molecule has 2 rings (SSSR count). The van der Waals surface area contributed by atoms with Crippen LogP contribution in [0, 0.1) is 5.92 Å². The van der Waals surface area contributed by atoms with E-state index in [0.717, 1.165) is 25.5 Å². The smallest absolute Gasteiger partial charge is 0.123 e. The molecule has 62 valence electrons. The molecule has 1 unspecified atom stereocenters. The number of fused-ring (bicyclic) bond motifs is 1. The average molecular weight is 160 g/mol. The number of rotatable bonds is 1. The van der Waals surface area contributed by atoms with Crippen molar-refractivity contribution in [3.05, 3.63) is 35.4 Å². The molecule has 1 aromatic carbocycles. The number of hydrogen-bond donors (Lipinski definition) is 0. The Morgan fingerprint density at radius 1 is 1.25 bits per heavy atom. The number of carbonyl (C=O) groups is 1. The van der Waals surface area contributed by atoms with Crippen molar-refractivity contribution < 1.29 is 4.79 Å². The van der Waals surface area contributed by atoms with Crippen molar-refractivity contribution in [2.45, 2.75) is 19.3 Å². The molecular formula is C11H12O. The summed E-state index contributed by atoms with van der Waals surface area (Å²) in [5.41, 5.74) is 2.79. The van der Waals surface area contributed by atoms with Gasteiger partial charge in [0.25, 0.3) is 0 Å². The molecule has 1 aliphatic rings. The van der Waals surface area contributed by atoms with Gasteiger partial charge in [-0.2, -0.15) is 0 Å². The molecule has 0 fully saturated rings. The minimum absolute atomic E-state index is 0.264. The molecule has 0 radical (unpaired) electrons. The molecule has 1 aromatic rings. The normalized spacial score (nSPS) is 21.5. The molecule has 0 amide bonds. The summed E-state index contributed by atoms with van der Waals surface area (Å²) < 4.78 is 0. The van der Waals surface area contributed by atoms with Crippen molar-refractivity contribution >= 4 is 6.29 Å². The maximum absolute atomic E-state index is 10.6. The van der Waals surface area contributed by atoms with Gasteiger partial charge in [-0.05, 0) is 30.4 Å². The first kappa shape index (κ1) is 7.53. The van der Waals surface area contributed by atoms with E-state index in [-0.39, 0.29) is 5.92 Å². The summed E-state index contributed by atoms with van der Waals surface area (Å²) in [7, 11) is 0. The van der Waals surface area contributed by atoms with Crippen molar-refractivity contribution in [2.24, 2.45) is 5.92 Å². The van der Waals surface area contributed by atoms with Crippen LogP contribution in [0.1, 0.15) is 17.5 Å². The highest BCUT2D eigenvalue weighted by Gasteiger charge is 2.16. The van der Waals surface area contributed by atoms with E-state index in [2.05, 4.69) is 18.2 Å². The number of hydrogen-bond acceptors (Lipinski definition) is 1. The zero-order valence-electron chi connectivity index (χ0n) is 6.99. The standard InChI is InChI=1S/C11H12O/c12-8-9-5-6-10-3-1-2-4-11(10)7-9/h1-4,8-9H,5-7H2. The van der Waals surface area contributed by atoms with E-state index >= 15 is 0 Å². The third-order valence-electron chi connectivity index (χ3n) is 2.58. The van der Waals surface area contributed by atoms with Crippen molar-refractivity contribution in [1.29, 1.82) is 0 Å². The van der Waals surface area contributed by atoms with E-state index < -0.39 is 0 Å². The SMILES string of the molecule is O=CC1CCc2ccccc2C1. The molecule has 0 saturated carbocycles. The van der Waals surface area contributed by atoms with Crippen LogP contribution in [0.5, 0.6) is 0 Å². The summed E-state index contributed by atoms with van der Waals surface area (Å²) in [4.78, 5) is 10.6. The van der Waals surface area contributed by atoms with E-state index in [1.54, 1.807) is 0 Å². The van der Waals surface area contributed by atoms with E-state index in [1.165, 1.54) is 11.1 Å². The minimum Gasteiger partial charge on any atom is -0.303 e. The molecule has 1 nitrogen and oxygen atoms in total. The van der Waals surface area contributed by atoms with Crippen LogP contribution in [-0.4, -0.2) is 6.29 Å². The molecule has 0 saturated heterocycles. The summed E-state index contributed by atoms with van der Waals surface area (Å²) in [6, 6.07) is 8.41. The summed E-state index contributed by atoms with van der Waals surface area (Å²) >= 11 is 0. The Bertz CT molecular complexity index is 291. The Morgan fingerprint density at radius 3 is 2.75 bits per heavy atom. The van der Waals surface area contributed by atoms with Crippen molar-refractivity contribution in [1.82, 2.24) is 0 Å². The number of carbonyl (C=O) groups excluding carboxylic acids is 1. The second-order valence-corrected chi connectivity index (χ2v) is 3.41. The Balaban J connectivity index is 2.28. The Kier molecular flexibility index (Phi) is 1.94. The predicted octanol–water partition coefficient (Wildman–Crippen LogP) is 1.99. The van der Waals surface area contributed by atoms with Crippen molar-refractivity contribution in [2.75, 3.05) is 0 Å². The van der Waals surface area contributed by atoms with E-state index in [9.17, 15) is 4.79 Å². The highest BCUT2D eigenvalue weighted by Crippen LogP contribution is 2.23. The van der Waals surface area contributed by atoms with Crippen molar-refractivity contribution in [3.63, 3.8) is 0 Å². The van der Waals surface area contributed by atoms with Crippen LogP contribution in [-0.2, 0) is 17.6 Å². The lowest BCUT2D eigenvalue weighted by Gasteiger charge is -2.19. The van der Waals surface area contributed by atoms with Gasteiger partial charge in [-0.15, -0.1) is 0 Å². The van der Waals surface area contributed by atoms with Gasteiger partial charge in [-0.1, -0.05) is 24.3 Å². The number of benzene rings is 1. The summed E-state index contributed by atoms with van der Waals surface area (Å²) in [5.74, 6) is 0.264.